The second-order valence-corrected chi connectivity index (χ2v) is 4.92. The van der Waals surface area contributed by atoms with Crippen LogP contribution in [0.25, 0.3) is 0 Å². The van der Waals surface area contributed by atoms with Gasteiger partial charge in [-0.2, -0.15) is 0 Å². The van der Waals surface area contributed by atoms with Gasteiger partial charge in [-0.05, 0) is 25.7 Å². The van der Waals surface area contributed by atoms with Crippen molar-refractivity contribution in [2.75, 3.05) is 26.3 Å². The van der Waals surface area contributed by atoms with Crippen molar-refractivity contribution in [3.05, 3.63) is 12.7 Å². The zero-order chi connectivity index (χ0) is 10.7. The molecular weight excluding hydrogens is 188 g/mol. The smallest absolute Gasteiger partial charge is 0.0484 e. The average molecular weight is 210 g/mol. The van der Waals surface area contributed by atoms with Crippen molar-refractivity contribution in [3.8, 4) is 0 Å². The topological polar surface area (TPSA) is 38.5 Å². The lowest BCUT2D eigenvalue weighted by Crippen LogP contribution is -2.54. The molecule has 0 amide bonds. The minimum atomic E-state index is -0.0240. The first-order chi connectivity index (χ1) is 7.23. The van der Waals surface area contributed by atoms with Gasteiger partial charge in [-0.25, -0.2) is 0 Å². The summed E-state index contributed by atoms with van der Waals surface area (Å²) in [7, 11) is 0. The van der Waals surface area contributed by atoms with Crippen molar-refractivity contribution in [1.82, 2.24) is 4.90 Å². The van der Waals surface area contributed by atoms with E-state index < -0.39 is 0 Å². The van der Waals surface area contributed by atoms with Crippen LogP contribution in [0.15, 0.2) is 12.7 Å². The molecule has 0 atom stereocenters. The summed E-state index contributed by atoms with van der Waals surface area (Å²) in [5.74, 6) is 0. The SMILES string of the molecule is C=CCN(CC1(N)CCOCC1)C1CC1. The van der Waals surface area contributed by atoms with Crippen LogP contribution in [0, 0.1) is 0 Å². The van der Waals surface area contributed by atoms with Gasteiger partial charge in [0.1, 0.15) is 0 Å². The van der Waals surface area contributed by atoms with E-state index in [0.717, 1.165) is 45.2 Å². The Kier molecular flexibility index (Phi) is 3.44. The Morgan fingerprint density at radius 3 is 2.60 bits per heavy atom. The van der Waals surface area contributed by atoms with Crippen LogP contribution in [0.1, 0.15) is 25.7 Å². The minimum Gasteiger partial charge on any atom is -0.381 e. The van der Waals surface area contributed by atoms with Crippen molar-refractivity contribution in [3.63, 3.8) is 0 Å². The first kappa shape index (κ1) is 11.1. The molecule has 1 saturated carbocycles. The Balaban J connectivity index is 1.88. The van der Waals surface area contributed by atoms with Gasteiger partial charge in [-0.15, -0.1) is 6.58 Å². The zero-order valence-corrected chi connectivity index (χ0v) is 9.45. The van der Waals surface area contributed by atoms with Gasteiger partial charge in [0.15, 0.2) is 0 Å². The minimum absolute atomic E-state index is 0.0240. The normalized spacial score (nSPS) is 25.5. The molecule has 2 aliphatic rings. The highest BCUT2D eigenvalue weighted by Crippen LogP contribution is 2.29. The predicted octanol–water partition coefficient (Wildman–Crippen LogP) is 1.14. The number of hydrogen-bond acceptors (Lipinski definition) is 3. The fourth-order valence-electron chi connectivity index (χ4n) is 2.29. The second kappa shape index (κ2) is 4.64. The predicted molar refractivity (Wildman–Crippen MR) is 61.8 cm³/mol. The lowest BCUT2D eigenvalue weighted by Gasteiger charge is -2.37. The molecule has 1 aliphatic heterocycles. The monoisotopic (exact) mass is 210 g/mol. The highest BCUT2D eigenvalue weighted by atomic mass is 16.5. The Bertz CT molecular complexity index is 220. The molecule has 2 rings (SSSR count). The molecule has 15 heavy (non-hydrogen) atoms. The summed E-state index contributed by atoms with van der Waals surface area (Å²) in [4.78, 5) is 2.48. The van der Waals surface area contributed by atoms with E-state index in [2.05, 4.69) is 11.5 Å². The first-order valence-electron chi connectivity index (χ1n) is 5.95. The summed E-state index contributed by atoms with van der Waals surface area (Å²) in [6.45, 7) is 7.45. The first-order valence-corrected chi connectivity index (χ1v) is 5.95. The summed E-state index contributed by atoms with van der Waals surface area (Å²) in [5.41, 5.74) is 6.38. The molecule has 0 unspecified atom stereocenters. The maximum absolute atomic E-state index is 6.40. The van der Waals surface area contributed by atoms with Crippen molar-refractivity contribution in [2.24, 2.45) is 5.73 Å². The number of hydrogen-bond donors (Lipinski definition) is 1. The van der Waals surface area contributed by atoms with Crippen LogP contribution in [0.5, 0.6) is 0 Å². The van der Waals surface area contributed by atoms with E-state index in [-0.39, 0.29) is 5.54 Å². The van der Waals surface area contributed by atoms with Crippen molar-refractivity contribution in [2.45, 2.75) is 37.3 Å². The quantitative estimate of drug-likeness (QED) is 0.692. The third-order valence-electron chi connectivity index (χ3n) is 3.43. The van der Waals surface area contributed by atoms with Gasteiger partial charge < -0.3 is 10.5 Å². The van der Waals surface area contributed by atoms with Crippen molar-refractivity contribution < 1.29 is 4.74 Å². The molecule has 0 radical (unpaired) electrons. The molecule has 3 nitrogen and oxygen atoms in total. The molecule has 0 spiro atoms. The largest absolute Gasteiger partial charge is 0.381 e. The van der Waals surface area contributed by atoms with Crippen molar-refractivity contribution in [1.29, 1.82) is 0 Å². The summed E-state index contributed by atoms with van der Waals surface area (Å²) in [6, 6.07) is 0.770. The maximum atomic E-state index is 6.40. The molecule has 3 heteroatoms. The van der Waals surface area contributed by atoms with E-state index >= 15 is 0 Å². The lowest BCUT2D eigenvalue weighted by molar-refractivity contribution is 0.0381. The van der Waals surface area contributed by atoms with Gasteiger partial charge in [-0.3, -0.25) is 4.90 Å². The van der Waals surface area contributed by atoms with Gasteiger partial charge in [0.05, 0.1) is 0 Å². The second-order valence-electron chi connectivity index (χ2n) is 4.92. The van der Waals surface area contributed by atoms with Gasteiger partial charge in [0, 0.05) is 37.9 Å². The van der Waals surface area contributed by atoms with Crippen LogP contribution >= 0.6 is 0 Å². The summed E-state index contributed by atoms with van der Waals surface area (Å²) >= 11 is 0. The number of nitrogens with zero attached hydrogens (tertiary/aromatic N) is 1. The van der Waals surface area contributed by atoms with Crippen LogP contribution in [-0.2, 0) is 4.74 Å². The highest BCUT2D eigenvalue weighted by molar-refractivity contribution is 4.96. The van der Waals surface area contributed by atoms with Crippen LogP contribution < -0.4 is 5.73 Å². The molecule has 1 heterocycles. The zero-order valence-electron chi connectivity index (χ0n) is 9.45. The molecule has 2 fully saturated rings. The Morgan fingerprint density at radius 2 is 2.07 bits per heavy atom. The molecule has 2 N–H and O–H groups in total. The molecule has 1 saturated heterocycles. The standard InChI is InChI=1S/C12H22N2O/c1-2-7-14(11-3-4-11)10-12(13)5-8-15-9-6-12/h2,11H,1,3-10,13H2. The molecule has 0 aromatic carbocycles. The van der Waals surface area contributed by atoms with Crippen LogP contribution in [0.3, 0.4) is 0 Å². The number of rotatable bonds is 5. The molecule has 0 aromatic heterocycles. The van der Waals surface area contributed by atoms with E-state index in [9.17, 15) is 0 Å². The van der Waals surface area contributed by atoms with Gasteiger partial charge >= 0.3 is 0 Å². The molecular formula is C12H22N2O. The van der Waals surface area contributed by atoms with Crippen LogP contribution in [0.2, 0.25) is 0 Å². The van der Waals surface area contributed by atoms with Gasteiger partial charge in [0.2, 0.25) is 0 Å². The maximum Gasteiger partial charge on any atom is 0.0484 e. The molecule has 0 aromatic rings. The van der Waals surface area contributed by atoms with E-state index in [0.29, 0.717) is 0 Å². The Hall–Kier alpha value is -0.380. The number of nitrogens with two attached hydrogens (primary N) is 1. The van der Waals surface area contributed by atoms with Crippen molar-refractivity contribution >= 4 is 0 Å². The average Bonchev–Trinajstić information content (AvgIpc) is 3.01. The lowest BCUT2D eigenvalue weighted by atomic mass is 9.90. The highest BCUT2D eigenvalue weighted by Gasteiger charge is 2.35. The fraction of sp³-hybridized carbons (Fsp3) is 0.833. The summed E-state index contributed by atoms with van der Waals surface area (Å²) in [6.07, 6.45) is 6.64. The van der Waals surface area contributed by atoms with E-state index in [1.165, 1.54) is 12.8 Å². The molecule has 1 aliphatic carbocycles. The number of ether oxygens (including phenoxy) is 1. The van der Waals surface area contributed by atoms with E-state index in [1.54, 1.807) is 0 Å². The van der Waals surface area contributed by atoms with Crippen LogP contribution in [-0.4, -0.2) is 42.8 Å². The van der Waals surface area contributed by atoms with Gasteiger partial charge in [0.25, 0.3) is 0 Å². The third-order valence-corrected chi connectivity index (χ3v) is 3.43. The molecule has 0 bridgehead atoms. The Labute approximate surface area is 92.3 Å². The summed E-state index contributed by atoms with van der Waals surface area (Å²) in [5, 5.41) is 0. The van der Waals surface area contributed by atoms with Gasteiger partial charge in [-0.1, -0.05) is 6.08 Å². The molecule has 86 valence electrons. The van der Waals surface area contributed by atoms with E-state index in [4.69, 9.17) is 10.5 Å². The third kappa shape index (κ3) is 3.03. The van der Waals surface area contributed by atoms with E-state index in [1.807, 2.05) is 6.08 Å². The summed E-state index contributed by atoms with van der Waals surface area (Å²) < 4.78 is 5.36. The van der Waals surface area contributed by atoms with Crippen LogP contribution in [0.4, 0.5) is 0 Å². The Morgan fingerprint density at radius 1 is 1.40 bits per heavy atom. The fourth-order valence-corrected chi connectivity index (χ4v) is 2.29.